The number of nitrogen functional groups attached to an aromatic ring is 1. The van der Waals surface area contributed by atoms with Gasteiger partial charge in [-0.05, 0) is 26.8 Å². The van der Waals surface area contributed by atoms with E-state index in [1.54, 1.807) is 24.7 Å². The number of rotatable bonds is 5. The third-order valence-corrected chi connectivity index (χ3v) is 8.27. The van der Waals surface area contributed by atoms with E-state index in [1.165, 1.54) is 23.8 Å². The maximum Gasteiger partial charge on any atom is 0.223 e. The van der Waals surface area contributed by atoms with E-state index in [-0.39, 0.29) is 42.0 Å². The van der Waals surface area contributed by atoms with Gasteiger partial charge in [-0.3, -0.25) is 4.68 Å². The predicted octanol–water partition coefficient (Wildman–Crippen LogP) is 1.26. The molecule has 12 nitrogen and oxygen atoms in total. The molecule has 3 aromatic heterocycles. The molecule has 1 aliphatic heterocycles. The zero-order valence-electron chi connectivity index (χ0n) is 20.3. The fraction of sp³-hybridized carbons (Fsp3) is 0.455. The van der Waals surface area contributed by atoms with Crippen molar-refractivity contribution in [1.29, 1.82) is 0 Å². The van der Waals surface area contributed by atoms with Gasteiger partial charge in [0, 0.05) is 24.5 Å². The number of anilines is 2. The molecule has 1 saturated heterocycles. The highest BCUT2D eigenvalue weighted by atomic mass is 32.2. The summed E-state index contributed by atoms with van der Waals surface area (Å²) >= 11 is 0. The topological polar surface area (TPSA) is 154 Å². The molecule has 1 fully saturated rings. The average molecular weight is 519 g/mol. The minimum atomic E-state index is -3.59. The van der Waals surface area contributed by atoms with Crippen molar-refractivity contribution in [1.82, 2.24) is 29.4 Å². The van der Waals surface area contributed by atoms with Gasteiger partial charge in [-0.1, -0.05) is 0 Å². The lowest BCUT2D eigenvalue weighted by Gasteiger charge is -2.32. The summed E-state index contributed by atoms with van der Waals surface area (Å²) in [5.74, 6) is -0.677. The summed E-state index contributed by atoms with van der Waals surface area (Å²) in [5, 5.41) is 18.2. The Morgan fingerprint density at radius 3 is 2.75 bits per heavy atom. The SMILES string of the molecule is COc1cc2nc(N)n3nc([C@@H]4CN(c5cnn(CC(C)(C)O)c5C)CCS4(=O)=O)nc3c2cc1F. The summed E-state index contributed by atoms with van der Waals surface area (Å²) in [5.41, 5.74) is 7.25. The van der Waals surface area contributed by atoms with Crippen LogP contribution < -0.4 is 15.4 Å². The van der Waals surface area contributed by atoms with Crippen LogP contribution in [0.4, 0.5) is 16.0 Å². The highest BCUT2D eigenvalue weighted by Gasteiger charge is 2.38. The van der Waals surface area contributed by atoms with Crippen LogP contribution in [0.3, 0.4) is 0 Å². The molecule has 4 aromatic rings. The Labute approximate surface area is 206 Å². The molecular weight excluding hydrogens is 491 g/mol. The van der Waals surface area contributed by atoms with E-state index in [0.717, 1.165) is 11.4 Å². The molecule has 4 heterocycles. The molecule has 1 aromatic carbocycles. The van der Waals surface area contributed by atoms with Gasteiger partial charge in [-0.15, -0.1) is 5.10 Å². The lowest BCUT2D eigenvalue weighted by atomic mass is 10.1. The van der Waals surface area contributed by atoms with Gasteiger partial charge in [0.05, 0.1) is 48.1 Å². The zero-order chi connectivity index (χ0) is 26.0. The number of methoxy groups -OCH3 is 1. The molecule has 192 valence electrons. The van der Waals surface area contributed by atoms with Gasteiger partial charge in [0.15, 0.2) is 32.9 Å². The van der Waals surface area contributed by atoms with Gasteiger partial charge >= 0.3 is 0 Å². The Hall–Kier alpha value is -3.52. The van der Waals surface area contributed by atoms with E-state index in [9.17, 15) is 17.9 Å². The first-order valence-electron chi connectivity index (χ1n) is 11.3. The van der Waals surface area contributed by atoms with Crippen molar-refractivity contribution in [3.05, 3.63) is 35.7 Å². The number of benzene rings is 1. The Morgan fingerprint density at radius 2 is 2.06 bits per heavy atom. The van der Waals surface area contributed by atoms with E-state index in [2.05, 4.69) is 20.2 Å². The molecule has 36 heavy (non-hydrogen) atoms. The molecule has 0 radical (unpaired) electrons. The highest BCUT2D eigenvalue weighted by Crippen LogP contribution is 2.33. The van der Waals surface area contributed by atoms with Crippen LogP contribution in [-0.4, -0.2) is 74.4 Å². The number of nitrogens with zero attached hydrogens (tertiary/aromatic N) is 7. The van der Waals surface area contributed by atoms with Gasteiger partial charge in [0.1, 0.15) is 5.25 Å². The number of aromatic nitrogens is 6. The lowest BCUT2D eigenvalue weighted by Crippen LogP contribution is -2.43. The van der Waals surface area contributed by atoms with E-state index < -0.39 is 26.5 Å². The molecule has 0 amide bonds. The largest absolute Gasteiger partial charge is 0.494 e. The number of fused-ring (bicyclic) bond motifs is 3. The maximum atomic E-state index is 14.4. The first-order chi connectivity index (χ1) is 16.9. The van der Waals surface area contributed by atoms with Crippen LogP contribution in [0.2, 0.25) is 0 Å². The molecule has 3 N–H and O–H groups in total. The van der Waals surface area contributed by atoms with Crippen LogP contribution in [0.25, 0.3) is 16.6 Å². The van der Waals surface area contributed by atoms with Crippen molar-refractivity contribution >= 4 is 38.0 Å². The van der Waals surface area contributed by atoms with E-state index in [1.807, 2.05) is 11.8 Å². The summed E-state index contributed by atoms with van der Waals surface area (Å²) in [7, 11) is -2.24. The Balaban J connectivity index is 1.56. The number of halogens is 1. The minimum Gasteiger partial charge on any atom is -0.494 e. The summed E-state index contributed by atoms with van der Waals surface area (Å²) < 4.78 is 48.6. The smallest absolute Gasteiger partial charge is 0.223 e. The molecule has 1 aliphatic rings. The molecule has 0 spiro atoms. The minimum absolute atomic E-state index is 0.00416. The second-order valence-electron chi connectivity index (χ2n) is 9.57. The molecule has 1 atom stereocenters. The van der Waals surface area contributed by atoms with Crippen molar-refractivity contribution in [2.45, 2.75) is 38.2 Å². The van der Waals surface area contributed by atoms with E-state index in [0.29, 0.717) is 17.4 Å². The fourth-order valence-electron chi connectivity index (χ4n) is 4.46. The van der Waals surface area contributed by atoms with Crippen LogP contribution in [0, 0.1) is 12.7 Å². The standard InChI is InChI=1S/C22H27FN8O4S/c1-12-16(9-25-30(12)11-22(2,3)32)29-5-6-36(33,34)18(10-29)19-27-20-13-7-14(23)17(35-4)8-15(13)26-21(24)31(20)28-19/h7-9,18,32H,5-6,10-11H2,1-4H3,(H2,24,26)/t18-/m0/s1. The fourth-order valence-corrected chi connectivity index (χ4v) is 6.05. The number of aliphatic hydroxyl groups is 1. The lowest BCUT2D eigenvalue weighted by molar-refractivity contribution is 0.0571. The van der Waals surface area contributed by atoms with Crippen molar-refractivity contribution in [3.8, 4) is 5.75 Å². The molecule has 0 unspecified atom stereocenters. The van der Waals surface area contributed by atoms with Crippen molar-refractivity contribution in [3.63, 3.8) is 0 Å². The van der Waals surface area contributed by atoms with Gasteiger partial charge in [-0.2, -0.15) is 9.61 Å². The van der Waals surface area contributed by atoms with Crippen molar-refractivity contribution < 1.29 is 22.7 Å². The van der Waals surface area contributed by atoms with Crippen molar-refractivity contribution in [2.24, 2.45) is 0 Å². The summed E-state index contributed by atoms with van der Waals surface area (Å²) in [6.45, 7) is 5.93. The highest BCUT2D eigenvalue weighted by molar-refractivity contribution is 7.91. The van der Waals surface area contributed by atoms with Crippen LogP contribution in [-0.2, 0) is 16.4 Å². The van der Waals surface area contributed by atoms with Crippen molar-refractivity contribution in [2.75, 3.05) is 36.6 Å². The van der Waals surface area contributed by atoms with E-state index in [4.69, 9.17) is 10.5 Å². The summed E-state index contributed by atoms with van der Waals surface area (Å²) in [4.78, 5) is 10.7. The third-order valence-electron chi connectivity index (χ3n) is 6.29. The first-order valence-corrected chi connectivity index (χ1v) is 13.0. The second-order valence-corrected chi connectivity index (χ2v) is 11.9. The average Bonchev–Trinajstić information content (AvgIpc) is 3.38. The molecular formula is C22H27FN8O4S. The van der Waals surface area contributed by atoms with Crippen LogP contribution in [0.15, 0.2) is 18.3 Å². The molecule has 14 heteroatoms. The van der Waals surface area contributed by atoms with Gasteiger partial charge in [0.2, 0.25) is 5.95 Å². The summed E-state index contributed by atoms with van der Waals surface area (Å²) in [6.07, 6.45) is 1.67. The first kappa shape index (κ1) is 24.2. The normalized spacial score (nSPS) is 18.3. The number of hydrogen-bond donors (Lipinski definition) is 2. The Morgan fingerprint density at radius 1 is 1.31 bits per heavy atom. The van der Waals surface area contributed by atoms with Crippen LogP contribution in [0.5, 0.6) is 5.75 Å². The zero-order valence-corrected chi connectivity index (χ0v) is 21.1. The Bertz CT molecular complexity index is 1590. The molecule has 0 bridgehead atoms. The summed E-state index contributed by atoms with van der Waals surface area (Å²) in [6, 6.07) is 2.62. The molecule has 0 aliphatic carbocycles. The molecule has 0 saturated carbocycles. The van der Waals surface area contributed by atoms with Gasteiger partial charge in [-0.25, -0.2) is 22.8 Å². The van der Waals surface area contributed by atoms with Gasteiger partial charge in [0.25, 0.3) is 0 Å². The van der Waals surface area contributed by atoms with Gasteiger partial charge < -0.3 is 20.5 Å². The molecule has 5 rings (SSSR count). The third kappa shape index (κ3) is 4.09. The predicted molar refractivity (Wildman–Crippen MR) is 131 cm³/mol. The second kappa shape index (κ2) is 8.27. The number of sulfone groups is 1. The number of ether oxygens (including phenoxy) is 1. The van der Waals surface area contributed by atoms with Crippen LogP contribution in [0.1, 0.15) is 30.6 Å². The number of hydrogen-bond acceptors (Lipinski definition) is 10. The quantitative estimate of drug-likeness (QED) is 0.395. The van der Waals surface area contributed by atoms with Crippen LogP contribution >= 0.6 is 0 Å². The number of nitrogens with two attached hydrogens (primary N) is 1. The monoisotopic (exact) mass is 518 g/mol. The van der Waals surface area contributed by atoms with E-state index >= 15 is 0 Å². The maximum absolute atomic E-state index is 14.4. The Kier molecular flexibility index (Phi) is 5.55.